The summed E-state index contributed by atoms with van der Waals surface area (Å²) in [4.78, 5) is 0. The van der Waals surface area contributed by atoms with Gasteiger partial charge in [0.25, 0.3) is 0 Å². The molecule has 1 saturated carbocycles. The average Bonchev–Trinajstić information content (AvgIpc) is 3.29. The molecule has 0 radical (unpaired) electrons. The van der Waals surface area contributed by atoms with Gasteiger partial charge in [0, 0.05) is 0 Å². The Morgan fingerprint density at radius 1 is 0.769 bits per heavy atom. The van der Waals surface area contributed by atoms with Crippen molar-refractivity contribution in [2.45, 2.75) is 119 Å². The molecule has 0 nitrogen and oxygen atoms in total. The maximum Gasteiger partial charge on any atom is -0.0276 e. The van der Waals surface area contributed by atoms with E-state index in [0.717, 1.165) is 5.41 Å². The summed E-state index contributed by atoms with van der Waals surface area (Å²) < 4.78 is 0. The summed E-state index contributed by atoms with van der Waals surface area (Å²) in [5.74, 6) is 0. The third kappa shape index (κ3) is 7.45. The molecule has 0 unspecified atom stereocenters. The Balaban J connectivity index is 1.70. The normalized spacial score (nSPS) is 16.1. The van der Waals surface area contributed by atoms with Crippen molar-refractivity contribution >= 4 is 0 Å². The van der Waals surface area contributed by atoms with E-state index in [1.54, 1.807) is 22.3 Å². The van der Waals surface area contributed by atoms with Crippen molar-refractivity contribution in [1.82, 2.24) is 0 Å². The van der Waals surface area contributed by atoms with Gasteiger partial charge < -0.3 is 0 Å². The largest absolute Gasteiger partial charge is 0.0602 e. The van der Waals surface area contributed by atoms with Crippen LogP contribution >= 0.6 is 0 Å². The third-order valence-corrected chi connectivity index (χ3v) is 6.71. The zero-order valence-corrected chi connectivity index (χ0v) is 18.6. The zero-order chi connectivity index (χ0) is 19.2. The molecular formula is C26H44. The number of unbranched alkanes of at least 4 members (excludes halogenated alkanes) is 4. The van der Waals surface area contributed by atoms with Gasteiger partial charge in [0.15, 0.2) is 0 Å². The minimum atomic E-state index is 0.491. The molecule has 1 aliphatic rings. The quantitative estimate of drug-likeness (QED) is 0.349. The first kappa shape index (κ1) is 21.5. The van der Waals surface area contributed by atoms with E-state index in [-0.39, 0.29) is 0 Å². The average molecular weight is 357 g/mol. The number of hydrogen-bond donors (Lipinski definition) is 0. The molecule has 1 fully saturated rings. The van der Waals surface area contributed by atoms with Gasteiger partial charge in [-0.3, -0.25) is 0 Å². The molecule has 0 bridgehead atoms. The Morgan fingerprint density at radius 2 is 1.27 bits per heavy atom. The lowest BCUT2D eigenvalue weighted by Crippen LogP contribution is -2.04. The molecule has 2 rings (SSSR count). The van der Waals surface area contributed by atoms with Crippen molar-refractivity contribution in [1.29, 1.82) is 0 Å². The zero-order valence-electron chi connectivity index (χ0n) is 18.6. The van der Waals surface area contributed by atoms with Crippen molar-refractivity contribution < 1.29 is 0 Å². The van der Waals surface area contributed by atoms with E-state index in [2.05, 4.69) is 53.7 Å². The van der Waals surface area contributed by atoms with Crippen LogP contribution in [0.2, 0.25) is 0 Å². The predicted molar refractivity (Wildman–Crippen MR) is 117 cm³/mol. The van der Waals surface area contributed by atoms with Gasteiger partial charge in [-0.15, -0.1) is 0 Å². The van der Waals surface area contributed by atoms with Crippen LogP contribution < -0.4 is 0 Å². The van der Waals surface area contributed by atoms with Crippen LogP contribution in [0.5, 0.6) is 0 Å². The van der Waals surface area contributed by atoms with Crippen molar-refractivity contribution in [3.8, 4) is 0 Å². The van der Waals surface area contributed by atoms with Crippen LogP contribution in [0, 0.1) is 24.7 Å². The first-order chi connectivity index (χ1) is 12.2. The van der Waals surface area contributed by atoms with Gasteiger partial charge in [-0.25, -0.2) is 0 Å². The molecule has 0 amide bonds. The second-order valence-corrected chi connectivity index (χ2v) is 10.6. The molecule has 0 atom stereocenters. The summed E-state index contributed by atoms with van der Waals surface area (Å²) in [6.45, 7) is 14.2. The predicted octanol–water partition coefficient (Wildman–Crippen LogP) is 8.36. The molecule has 0 saturated heterocycles. The van der Waals surface area contributed by atoms with Crippen LogP contribution in [0.1, 0.15) is 114 Å². The van der Waals surface area contributed by atoms with E-state index in [9.17, 15) is 0 Å². The third-order valence-electron chi connectivity index (χ3n) is 6.71. The minimum Gasteiger partial charge on any atom is -0.0602 e. The highest BCUT2D eigenvalue weighted by atomic mass is 14.4. The minimum absolute atomic E-state index is 0.491. The molecule has 0 aromatic heterocycles. The summed E-state index contributed by atoms with van der Waals surface area (Å²) in [6, 6.07) is 4.85. The van der Waals surface area contributed by atoms with Crippen LogP contribution in [-0.4, -0.2) is 0 Å². The first-order valence-corrected chi connectivity index (χ1v) is 11.3. The SMILES string of the molecule is Cc1c(CCCCCC(C)(C)C)ccc(CCCCCC2(C)CC2)c1C. The first-order valence-electron chi connectivity index (χ1n) is 11.3. The Bertz CT molecular complexity index is 514. The second kappa shape index (κ2) is 9.43. The highest BCUT2D eigenvalue weighted by Gasteiger charge is 2.35. The monoisotopic (exact) mass is 356 g/mol. The standard InChI is InChI=1S/C26H44/c1-21-22(2)24(14-10-8-12-18-26(6)19-20-26)16-15-23(21)13-9-7-11-17-25(3,4)5/h15-16H,7-14,17-20H2,1-6H3. The molecule has 0 heteroatoms. The molecule has 1 aliphatic carbocycles. The van der Waals surface area contributed by atoms with Gasteiger partial charge in [0.05, 0.1) is 0 Å². The summed E-state index contributed by atoms with van der Waals surface area (Å²) in [7, 11) is 0. The van der Waals surface area contributed by atoms with Crippen molar-refractivity contribution in [2.24, 2.45) is 10.8 Å². The molecule has 148 valence electrons. The van der Waals surface area contributed by atoms with Gasteiger partial charge >= 0.3 is 0 Å². The number of rotatable bonds is 11. The number of benzene rings is 1. The lowest BCUT2D eigenvalue weighted by atomic mass is 9.88. The van der Waals surface area contributed by atoms with E-state index < -0.39 is 0 Å². The van der Waals surface area contributed by atoms with Crippen LogP contribution in [0.25, 0.3) is 0 Å². The molecule has 1 aromatic carbocycles. The summed E-state index contributed by atoms with van der Waals surface area (Å²) in [5, 5.41) is 0. The van der Waals surface area contributed by atoms with Gasteiger partial charge in [0.2, 0.25) is 0 Å². The van der Waals surface area contributed by atoms with Crippen molar-refractivity contribution in [2.75, 3.05) is 0 Å². The Kier molecular flexibility index (Phi) is 7.80. The fraction of sp³-hybridized carbons (Fsp3) is 0.769. The fourth-order valence-electron chi connectivity index (χ4n) is 4.13. The van der Waals surface area contributed by atoms with Crippen molar-refractivity contribution in [3.05, 3.63) is 34.4 Å². The molecule has 1 aromatic rings. The van der Waals surface area contributed by atoms with E-state index in [4.69, 9.17) is 0 Å². The number of aryl methyl sites for hydroxylation is 2. The van der Waals surface area contributed by atoms with Gasteiger partial charge in [-0.2, -0.15) is 0 Å². The van der Waals surface area contributed by atoms with Crippen LogP contribution in [0.3, 0.4) is 0 Å². The maximum atomic E-state index is 2.46. The van der Waals surface area contributed by atoms with E-state index >= 15 is 0 Å². The van der Waals surface area contributed by atoms with E-state index in [1.165, 1.54) is 77.0 Å². The molecule has 0 aliphatic heterocycles. The molecule has 0 heterocycles. The Hall–Kier alpha value is -0.780. The van der Waals surface area contributed by atoms with Crippen LogP contribution in [0.4, 0.5) is 0 Å². The fourth-order valence-corrected chi connectivity index (χ4v) is 4.13. The van der Waals surface area contributed by atoms with Gasteiger partial charge in [0.1, 0.15) is 0 Å². The van der Waals surface area contributed by atoms with Crippen molar-refractivity contribution in [3.63, 3.8) is 0 Å². The van der Waals surface area contributed by atoms with Gasteiger partial charge in [-0.05, 0) is 98.3 Å². The Labute approximate surface area is 164 Å². The highest BCUT2D eigenvalue weighted by molar-refractivity contribution is 5.39. The van der Waals surface area contributed by atoms with Crippen LogP contribution in [0.15, 0.2) is 12.1 Å². The van der Waals surface area contributed by atoms with E-state index in [0.29, 0.717) is 5.41 Å². The summed E-state index contributed by atoms with van der Waals surface area (Å²) >= 11 is 0. The van der Waals surface area contributed by atoms with Gasteiger partial charge in [-0.1, -0.05) is 65.5 Å². The Morgan fingerprint density at radius 3 is 1.73 bits per heavy atom. The topological polar surface area (TPSA) is 0 Å². The number of hydrogen-bond acceptors (Lipinski definition) is 0. The summed E-state index contributed by atoms with van der Waals surface area (Å²) in [5.41, 5.74) is 7.53. The lowest BCUT2D eigenvalue weighted by molar-refractivity contribution is 0.358. The molecule has 26 heavy (non-hydrogen) atoms. The smallest absolute Gasteiger partial charge is 0.0276 e. The summed E-state index contributed by atoms with van der Waals surface area (Å²) in [6.07, 6.45) is 16.6. The molecular weight excluding hydrogens is 312 g/mol. The van der Waals surface area contributed by atoms with E-state index in [1.807, 2.05) is 0 Å². The second-order valence-electron chi connectivity index (χ2n) is 10.6. The lowest BCUT2D eigenvalue weighted by Gasteiger charge is -2.18. The van der Waals surface area contributed by atoms with Crippen LogP contribution in [-0.2, 0) is 12.8 Å². The molecule has 0 spiro atoms. The highest BCUT2D eigenvalue weighted by Crippen LogP contribution is 2.49. The molecule has 0 N–H and O–H groups in total. The maximum absolute atomic E-state index is 2.46.